The first-order chi connectivity index (χ1) is 15.6. The summed E-state index contributed by atoms with van der Waals surface area (Å²) in [5, 5.41) is 0. The summed E-state index contributed by atoms with van der Waals surface area (Å²) in [5.41, 5.74) is 8.15. The summed E-state index contributed by atoms with van der Waals surface area (Å²) in [6.07, 6.45) is 18.7. The largest absolute Gasteiger partial charge is 0.0654 e. The van der Waals surface area contributed by atoms with Gasteiger partial charge in [0.25, 0.3) is 0 Å². The molecule has 1 saturated carbocycles. The smallest absolute Gasteiger partial charge is 0.00443 e. The summed E-state index contributed by atoms with van der Waals surface area (Å²) in [4.78, 5) is 0. The molecule has 1 fully saturated rings. The van der Waals surface area contributed by atoms with Crippen LogP contribution in [-0.4, -0.2) is 0 Å². The molecule has 0 N–H and O–H groups in total. The van der Waals surface area contributed by atoms with Crippen molar-refractivity contribution >= 4 is 0 Å². The van der Waals surface area contributed by atoms with E-state index in [9.17, 15) is 0 Å². The van der Waals surface area contributed by atoms with Gasteiger partial charge in [-0.25, -0.2) is 0 Å². The minimum absolute atomic E-state index is 0.459. The predicted octanol–water partition coefficient (Wildman–Crippen LogP) is 9.54. The maximum atomic E-state index is 2.51. The number of rotatable bonds is 12. The van der Waals surface area contributed by atoms with Crippen LogP contribution >= 0.6 is 0 Å². The summed E-state index contributed by atoms with van der Waals surface area (Å²) in [7, 11) is 0. The second kappa shape index (κ2) is 12.6. The molecule has 0 radical (unpaired) electrons. The van der Waals surface area contributed by atoms with Crippen LogP contribution in [-0.2, 0) is 24.7 Å². The van der Waals surface area contributed by atoms with Gasteiger partial charge < -0.3 is 0 Å². The first kappa shape index (κ1) is 25.1. The van der Waals surface area contributed by atoms with E-state index in [4.69, 9.17) is 0 Å². The fourth-order valence-electron chi connectivity index (χ4n) is 5.85. The number of aryl methyl sites for hydroxylation is 4. The topological polar surface area (TPSA) is 0 Å². The monoisotopic (exact) mass is 432 g/mol. The molecule has 0 amide bonds. The molecule has 2 aromatic rings. The molecule has 0 aliphatic heterocycles. The third-order valence-corrected chi connectivity index (χ3v) is 8.28. The molecule has 0 heteroatoms. The maximum Gasteiger partial charge on any atom is -0.00443 e. The van der Waals surface area contributed by atoms with Crippen molar-refractivity contribution in [1.82, 2.24) is 0 Å². The van der Waals surface area contributed by atoms with E-state index in [0.717, 1.165) is 18.8 Å². The van der Waals surface area contributed by atoms with Gasteiger partial charge in [0, 0.05) is 0 Å². The van der Waals surface area contributed by atoms with Crippen molar-refractivity contribution in [2.45, 2.75) is 123 Å². The molecule has 1 unspecified atom stereocenters. The standard InChI is InChI=1S/C32H48/c1-5-7-9-22-32(23-10-8-11-24-32)31-21-20-30(25-27(31)4)19-18-29-16-14-28(15-17-29)13-12-26(3)6-2/h14-17,20-21,25-26H,5-13,18-19,22-24H2,1-4H3. The van der Waals surface area contributed by atoms with Crippen LogP contribution in [0.1, 0.15) is 119 Å². The number of benzene rings is 2. The minimum atomic E-state index is 0.459. The normalized spacial score (nSPS) is 16.8. The summed E-state index contributed by atoms with van der Waals surface area (Å²) >= 11 is 0. The van der Waals surface area contributed by atoms with Crippen molar-refractivity contribution in [1.29, 1.82) is 0 Å². The molecule has 0 nitrogen and oxygen atoms in total. The predicted molar refractivity (Wildman–Crippen MR) is 142 cm³/mol. The van der Waals surface area contributed by atoms with Gasteiger partial charge in [-0.05, 0) is 91.0 Å². The van der Waals surface area contributed by atoms with Gasteiger partial charge in [-0.15, -0.1) is 0 Å². The van der Waals surface area contributed by atoms with Crippen LogP contribution in [0.2, 0.25) is 0 Å². The van der Waals surface area contributed by atoms with E-state index in [-0.39, 0.29) is 0 Å². The van der Waals surface area contributed by atoms with Gasteiger partial charge in [0.1, 0.15) is 0 Å². The SMILES string of the molecule is CCCCCC1(c2ccc(CCc3ccc(CCC(C)CC)cc3)cc2C)CCCCC1. The molecule has 0 saturated heterocycles. The van der Waals surface area contributed by atoms with E-state index in [1.54, 1.807) is 11.1 Å². The lowest BCUT2D eigenvalue weighted by molar-refractivity contribution is 0.265. The first-order valence-electron chi connectivity index (χ1n) is 13.7. The van der Waals surface area contributed by atoms with Crippen LogP contribution in [0, 0.1) is 12.8 Å². The molecule has 3 rings (SSSR count). The van der Waals surface area contributed by atoms with Crippen LogP contribution in [0.25, 0.3) is 0 Å². The highest BCUT2D eigenvalue weighted by Crippen LogP contribution is 2.44. The van der Waals surface area contributed by atoms with E-state index in [1.165, 1.54) is 93.7 Å². The Morgan fingerprint density at radius 1 is 0.781 bits per heavy atom. The van der Waals surface area contributed by atoms with Gasteiger partial charge in [0.2, 0.25) is 0 Å². The summed E-state index contributed by atoms with van der Waals surface area (Å²) < 4.78 is 0. The minimum Gasteiger partial charge on any atom is -0.0654 e. The third-order valence-electron chi connectivity index (χ3n) is 8.28. The molecule has 1 aliphatic rings. The highest BCUT2D eigenvalue weighted by Gasteiger charge is 2.34. The molecule has 0 bridgehead atoms. The van der Waals surface area contributed by atoms with Crippen LogP contribution in [0.3, 0.4) is 0 Å². The second-order valence-corrected chi connectivity index (χ2v) is 10.8. The quantitative estimate of drug-likeness (QED) is 0.293. The zero-order chi connectivity index (χ0) is 22.8. The van der Waals surface area contributed by atoms with Crippen molar-refractivity contribution in [3.05, 3.63) is 70.3 Å². The molecule has 0 spiro atoms. The van der Waals surface area contributed by atoms with E-state index in [0.29, 0.717) is 5.41 Å². The van der Waals surface area contributed by atoms with Gasteiger partial charge in [-0.3, -0.25) is 0 Å². The van der Waals surface area contributed by atoms with Gasteiger partial charge in [0.05, 0.1) is 0 Å². The molecular formula is C32H48. The number of unbranched alkanes of at least 4 members (excludes halogenated alkanes) is 2. The molecule has 176 valence electrons. The fraction of sp³-hybridized carbons (Fsp3) is 0.625. The zero-order valence-corrected chi connectivity index (χ0v) is 21.5. The van der Waals surface area contributed by atoms with Crippen molar-refractivity contribution in [3.63, 3.8) is 0 Å². The highest BCUT2D eigenvalue weighted by molar-refractivity contribution is 5.38. The summed E-state index contributed by atoms with van der Waals surface area (Å²) in [6, 6.07) is 16.9. The molecule has 1 aliphatic carbocycles. The first-order valence-corrected chi connectivity index (χ1v) is 13.7. The molecule has 0 aromatic heterocycles. The van der Waals surface area contributed by atoms with Crippen LogP contribution < -0.4 is 0 Å². The Balaban J connectivity index is 1.61. The number of hydrogen-bond donors (Lipinski definition) is 0. The van der Waals surface area contributed by atoms with E-state index in [1.807, 2.05) is 0 Å². The Bertz CT molecular complexity index is 791. The van der Waals surface area contributed by atoms with E-state index < -0.39 is 0 Å². The Kier molecular flexibility index (Phi) is 9.89. The Morgan fingerprint density at radius 3 is 2.03 bits per heavy atom. The van der Waals surface area contributed by atoms with E-state index in [2.05, 4.69) is 70.2 Å². The average Bonchev–Trinajstić information content (AvgIpc) is 2.82. The van der Waals surface area contributed by atoms with Crippen LogP contribution in [0.15, 0.2) is 42.5 Å². The maximum absolute atomic E-state index is 2.51. The molecule has 0 heterocycles. The summed E-state index contributed by atoms with van der Waals surface area (Å²) in [5.74, 6) is 0.834. The Labute approximate surface area is 199 Å². The lowest BCUT2D eigenvalue weighted by Gasteiger charge is -2.39. The molecular weight excluding hydrogens is 384 g/mol. The Morgan fingerprint density at radius 2 is 1.41 bits per heavy atom. The van der Waals surface area contributed by atoms with Crippen LogP contribution in [0.5, 0.6) is 0 Å². The second-order valence-electron chi connectivity index (χ2n) is 10.8. The van der Waals surface area contributed by atoms with Crippen molar-refractivity contribution in [3.8, 4) is 0 Å². The van der Waals surface area contributed by atoms with E-state index >= 15 is 0 Å². The van der Waals surface area contributed by atoms with Gasteiger partial charge >= 0.3 is 0 Å². The van der Waals surface area contributed by atoms with Gasteiger partial charge in [-0.2, -0.15) is 0 Å². The average molecular weight is 433 g/mol. The van der Waals surface area contributed by atoms with Gasteiger partial charge in [-0.1, -0.05) is 108 Å². The zero-order valence-electron chi connectivity index (χ0n) is 21.5. The lowest BCUT2D eigenvalue weighted by Crippen LogP contribution is -2.30. The van der Waals surface area contributed by atoms with Gasteiger partial charge in [0.15, 0.2) is 0 Å². The summed E-state index contributed by atoms with van der Waals surface area (Å²) in [6.45, 7) is 9.36. The molecule has 1 atom stereocenters. The third kappa shape index (κ3) is 6.97. The van der Waals surface area contributed by atoms with Crippen molar-refractivity contribution in [2.75, 3.05) is 0 Å². The van der Waals surface area contributed by atoms with Crippen molar-refractivity contribution in [2.24, 2.45) is 5.92 Å². The van der Waals surface area contributed by atoms with Crippen molar-refractivity contribution < 1.29 is 0 Å². The number of hydrogen-bond acceptors (Lipinski definition) is 0. The highest BCUT2D eigenvalue weighted by atomic mass is 14.4. The lowest BCUT2D eigenvalue weighted by atomic mass is 9.65. The molecule has 32 heavy (non-hydrogen) atoms. The van der Waals surface area contributed by atoms with Crippen LogP contribution in [0.4, 0.5) is 0 Å². The molecule has 2 aromatic carbocycles. The fourth-order valence-corrected chi connectivity index (χ4v) is 5.85. The Hall–Kier alpha value is -1.56.